The molecular formula is C18H26N2O4S. The van der Waals surface area contributed by atoms with Crippen LogP contribution in [0.2, 0.25) is 0 Å². The van der Waals surface area contributed by atoms with E-state index in [1.807, 2.05) is 12.1 Å². The van der Waals surface area contributed by atoms with E-state index in [1.165, 1.54) is 11.2 Å². The number of hydrogen-bond acceptors (Lipinski definition) is 4. The van der Waals surface area contributed by atoms with Crippen LogP contribution < -0.4 is 4.90 Å². The molecule has 0 spiro atoms. The summed E-state index contributed by atoms with van der Waals surface area (Å²) in [5, 5.41) is 9.05. The van der Waals surface area contributed by atoms with Gasteiger partial charge in [0.15, 0.2) is 9.84 Å². The Balaban J connectivity index is 1.53. The zero-order chi connectivity index (χ0) is 18.0. The van der Waals surface area contributed by atoms with Gasteiger partial charge in [0.1, 0.15) is 0 Å². The van der Waals surface area contributed by atoms with Crippen LogP contribution in [0, 0.1) is 11.8 Å². The Kier molecular flexibility index (Phi) is 5.22. The molecule has 0 atom stereocenters. The van der Waals surface area contributed by atoms with E-state index in [2.05, 4.69) is 4.90 Å². The van der Waals surface area contributed by atoms with Crippen molar-refractivity contribution >= 4 is 21.6 Å². The van der Waals surface area contributed by atoms with Gasteiger partial charge in [-0.2, -0.15) is 0 Å². The third kappa shape index (κ3) is 4.26. The summed E-state index contributed by atoms with van der Waals surface area (Å²) in [7, 11) is -3.15. The number of benzene rings is 1. The maximum Gasteiger partial charge on any atom is 0.407 e. The summed E-state index contributed by atoms with van der Waals surface area (Å²) in [5.41, 5.74) is 1.08. The molecule has 2 aliphatic rings. The van der Waals surface area contributed by atoms with Gasteiger partial charge in [-0.3, -0.25) is 0 Å². The van der Waals surface area contributed by atoms with E-state index >= 15 is 0 Å². The molecule has 0 aliphatic carbocycles. The minimum atomic E-state index is -3.15. The van der Waals surface area contributed by atoms with E-state index in [1.54, 1.807) is 12.1 Å². The van der Waals surface area contributed by atoms with E-state index in [-0.39, 0.29) is 0 Å². The SMILES string of the molecule is CS(=O)(=O)c1ccc(N2CCC(C3CCN(C(=O)O)CC3)CC2)cc1. The normalized spacial score (nSPS) is 20.7. The summed E-state index contributed by atoms with van der Waals surface area (Å²) in [6.07, 6.45) is 4.60. The molecule has 0 aromatic heterocycles. The van der Waals surface area contributed by atoms with E-state index in [0.717, 1.165) is 44.5 Å². The van der Waals surface area contributed by atoms with Gasteiger partial charge in [-0.1, -0.05) is 0 Å². The van der Waals surface area contributed by atoms with Gasteiger partial charge in [0, 0.05) is 38.1 Å². The first-order chi connectivity index (χ1) is 11.8. The van der Waals surface area contributed by atoms with E-state index in [0.29, 0.717) is 29.8 Å². The second-order valence-corrected chi connectivity index (χ2v) is 9.21. The van der Waals surface area contributed by atoms with Crippen LogP contribution in [0.1, 0.15) is 25.7 Å². The Morgan fingerprint density at radius 2 is 1.44 bits per heavy atom. The molecule has 2 fully saturated rings. The zero-order valence-corrected chi connectivity index (χ0v) is 15.4. The first kappa shape index (κ1) is 18.0. The Labute approximate surface area is 149 Å². The molecular weight excluding hydrogens is 340 g/mol. The second-order valence-electron chi connectivity index (χ2n) is 7.20. The Hall–Kier alpha value is -1.76. The fourth-order valence-corrected chi connectivity index (χ4v) is 4.73. The van der Waals surface area contributed by atoms with E-state index in [9.17, 15) is 13.2 Å². The molecule has 0 unspecified atom stereocenters. The maximum absolute atomic E-state index is 11.5. The monoisotopic (exact) mass is 366 g/mol. The van der Waals surface area contributed by atoms with Crippen molar-refractivity contribution in [2.24, 2.45) is 11.8 Å². The highest BCUT2D eigenvalue weighted by Crippen LogP contribution is 2.34. The molecule has 0 bridgehead atoms. The van der Waals surface area contributed by atoms with Crippen LogP contribution in [0.5, 0.6) is 0 Å². The van der Waals surface area contributed by atoms with Crippen molar-refractivity contribution in [3.63, 3.8) is 0 Å². The highest BCUT2D eigenvalue weighted by atomic mass is 32.2. The average Bonchev–Trinajstić information content (AvgIpc) is 2.61. The molecule has 1 aromatic rings. The molecule has 25 heavy (non-hydrogen) atoms. The minimum absolute atomic E-state index is 0.358. The van der Waals surface area contributed by atoms with Crippen LogP contribution in [0.3, 0.4) is 0 Å². The quantitative estimate of drug-likeness (QED) is 0.890. The number of anilines is 1. The topological polar surface area (TPSA) is 77.9 Å². The number of hydrogen-bond donors (Lipinski definition) is 1. The standard InChI is InChI=1S/C18H26N2O4S/c1-25(23,24)17-4-2-16(3-5-17)19-10-6-14(7-11-19)15-8-12-20(13-9-15)18(21)22/h2-5,14-15H,6-13H2,1H3,(H,21,22). The van der Waals surface area contributed by atoms with Crippen LogP contribution in [0.25, 0.3) is 0 Å². The molecule has 2 saturated heterocycles. The maximum atomic E-state index is 11.5. The number of amides is 1. The molecule has 0 radical (unpaired) electrons. The van der Waals surface area contributed by atoms with Crippen LogP contribution in [-0.4, -0.2) is 57.0 Å². The Morgan fingerprint density at radius 3 is 1.88 bits per heavy atom. The fourth-order valence-electron chi connectivity index (χ4n) is 4.10. The number of carbonyl (C=O) groups is 1. The second kappa shape index (κ2) is 7.23. The third-order valence-electron chi connectivity index (χ3n) is 5.65. The number of likely N-dealkylation sites (tertiary alicyclic amines) is 1. The lowest BCUT2D eigenvalue weighted by atomic mass is 9.79. The zero-order valence-electron chi connectivity index (χ0n) is 14.6. The van der Waals surface area contributed by atoms with Crippen LogP contribution in [0.4, 0.5) is 10.5 Å². The van der Waals surface area contributed by atoms with Gasteiger partial charge in [-0.15, -0.1) is 0 Å². The number of piperidine rings is 2. The number of nitrogens with zero attached hydrogens (tertiary/aromatic N) is 2. The predicted molar refractivity (Wildman–Crippen MR) is 96.8 cm³/mol. The van der Waals surface area contributed by atoms with E-state index in [4.69, 9.17) is 5.11 Å². The fraction of sp³-hybridized carbons (Fsp3) is 0.611. The molecule has 6 nitrogen and oxygen atoms in total. The number of carboxylic acid groups (broad SMARTS) is 1. The first-order valence-electron chi connectivity index (χ1n) is 8.87. The van der Waals surface area contributed by atoms with Crippen molar-refractivity contribution in [3.8, 4) is 0 Å². The largest absolute Gasteiger partial charge is 0.465 e. The lowest BCUT2D eigenvalue weighted by Crippen LogP contribution is -2.42. The lowest BCUT2D eigenvalue weighted by molar-refractivity contribution is 0.107. The highest BCUT2D eigenvalue weighted by Gasteiger charge is 2.30. The van der Waals surface area contributed by atoms with E-state index < -0.39 is 15.9 Å². The summed E-state index contributed by atoms with van der Waals surface area (Å²) in [5.74, 6) is 1.30. The van der Waals surface area contributed by atoms with Crippen molar-refractivity contribution in [1.29, 1.82) is 0 Å². The van der Waals surface area contributed by atoms with Gasteiger partial charge in [-0.05, 0) is 61.8 Å². The summed E-state index contributed by atoms with van der Waals surface area (Å²) in [6.45, 7) is 3.27. The number of sulfone groups is 1. The van der Waals surface area contributed by atoms with Gasteiger partial charge >= 0.3 is 6.09 Å². The van der Waals surface area contributed by atoms with Crippen LogP contribution in [0.15, 0.2) is 29.2 Å². The van der Waals surface area contributed by atoms with Gasteiger partial charge in [0.25, 0.3) is 0 Å². The van der Waals surface area contributed by atoms with Crippen molar-refractivity contribution < 1.29 is 18.3 Å². The van der Waals surface area contributed by atoms with Crippen LogP contribution in [-0.2, 0) is 9.84 Å². The van der Waals surface area contributed by atoms with Crippen molar-refractivity contribution in [3.05, 3.63) is 24.3 Å². The first-order valence-corrected chi connectivity index (χ1v) is 10.8. The molecule has 1 N–H and O–H groups in total. The van der Waals surface area contributed by atoms with Crippen molar-refractivity contribution in [2.75, 3.05) is 37.3 Å². The van der Waals surface area contributed by atoms with Gasteiger partial charge in [0.2, 0.25) is 0 Å². The summed E-state index contributed by atoms with van der Waals surface area (Å²) >= 11 is 0. The minimum Gasteiger partial charge on any atom is -0.465 e. The summed E-state index contributed by atoms with van der Waals surface area (Å²) < 4.78 is 23.1. The molecule has 2 aliphatic heterocycles. The molecule has 138 valence electrons. The molecule has 1 aromatic carbocycles. The van der Waals surface area contributed by atoms with Gasteiger partial charge in [-0.25, -0.2) is 13.2 Å². The molecule has 7 heteroatoms. The van der Waals surface area contributed by atoms with Crippen LogP contribution >= 0.6 is 0 Å². The van der Waals surface area contributed by atoms with Gasteiger partial charge < -0.3 is 14.9 Å². The number of rotatable bonds is 3. The molecule has 2 heterocycles. The summed E-state index contributed by atoms with van der Waals surface area (Å²) in [4.78, 5) is 15.2. The van der Waals surface area contributed by atoms with Crippen molar-refractivity contribution in [1.82, 2.24) is 4.90 Å². The average molecular weight is 366 g/mol. The lowest BCUT2D eigenvalue weighted by Gasteiger charge is -2.40. The summed E-state index contributed by atoms with van der Waals surface area (Å²) in [6, 6.07) is 7.14. The molecule has 1 amide bonds. The third-order valence-corrected chi connectivity index (χ3v) is 6.77. The Bertz CT molecular complexity index is 701. The molecule has 0 saturated carbocycles. The molecule has 3 rings (SSSR count). The van der Waals surface area contributed by atoms with Crippen molar-refractivity contribution in [2.45, 2.75) is 30.6 Å². The predicted octanol–water partition coefficient (Wildman–Crippen LogP) is 2.70. The highest BCUT2D eigenvalue weighted by molar-refractivity contribution is 7.90. The Morgan fingerprint density at radius 1 is 0.960 bits per heavy atom. The van der Waals surface area contributed by atoms with Gasteiger partial charge in [0.05, 0.1) is 4.90 Å². The smallest absolute Gasteiger partial charge is 0.407 e.